The van der Waals surface area contributed by atoms with E-state index in [2.05, 4.69) is 34.6 Å². The van der Waals surface area contributed by atoms with Gasteiger partial charge in [-0.15, -0.1) is 0 Å². The molecule has 1 aliphatic rings. The Bertz CT molecular complexity index is 546. The summed E-state index contributed by atoms with van der Waals surface area (Å²) in [6.45, 7) is 6.24. The van der Waals surface area contributed by atoms with Crippen LogP contribution in [0.1, 0.15) is 30.7 Å². The van der Waals surface area contributed by atoms with Crippen molar-refractivity contribution in [1.82, 2.24) is 14.3 Å². The summed E-state index contributed by atoms with van der Waals surface area (Å²) < 4.78 is 2.13. The lowest BCUT2D eigenvalue weighted by Crippen LogP contribution is -2.19. The van der Waals surface area contributed by atoms with Crippen LogP contribution in [0.2, 0.25) is 0 Å². The summed E-state index contributed by atoms with van der Waals surface area (Å²) in [5.41, 5.74) is 9.12. The van der Waals surface area contributed by atoms with E-state index in [0.717, 1.165) is 24.4 Å². The predicted molar refractivity (Wildman–Crippen MR) is 72.6 cm³/mol. The topological polar surface area (TPSA) is 46.6 Å². The zero-order chi connectivity index (χ0) is 12.5. The van der Waals surface area contributed by atoms with Crippen molar-refractivity contribution < 1.29 is 0 Å². The molecule has 1 unspecified atom stereocenters. The number of rotatable bonds is 3. The molecule has 96 valence electrons. The highest BCUT2D eigenvalue weighted by Gasteiger charge is 2.24. The second kappa shape index (κ2) is 4.71. The molecule has 2 N–H and O–H groups in total. The molecule has 4 heteroatoms. The summed E-state index contributed by atoms with van der Waals surface area (Å²) >= 11 is 0. The number of likely N-dealkylation sites (tertiary alicyclic amines) is 1. The molecule has 2 aromatic rings. The van der Waals surface area contributed by atoms with Gasteiger partial charge in [0.05, 0.1) is 5.69 Å². The Labute approximate surface area is 107 Å². The Kier molecular flexibility index (Phi) is 3.06. The van der Waals surface area contributed by atoms with E-state index in [0.29, 0.717) is 12.5 Å². The molecule has 1 fully saturated rings. The molecule has 3 rings (SSSR count). The van der Waals surface area contributed by atoms with E-state index < -0.39 is 0 Å². The summed E-state index contributed by atoms with van der Waals surface area (Å²) in [5, 5.41) is 0. The number of aromatic nitrogens is 2. The third-order valence-corrected chi connectivity index (χ3v) is 3.94. The molecule has 0 spiro atoms. The van der Waals surface area contributed by atoms with Crippen molar-refractivity contribution in [3.8, 4) is 0 Å². The Morgan fingerprint density at radius 3 is 3.06 bits per heavy atom. The maximum absolute atomic E-state index is 5.77. The smallest absolute Gasteiger partial charge is 0.137 e. The molecule has 0 saturated carbocycles. The van der Waals surface area contributed by atoms with Crippen molar-refractivity contribution in [3.05, 3.63) is 35.8 Å². The van der Waals surface area contributed by atoms with Crippen LogP contribution in [0.15, 0.2) is 24.4 Å². The number of fused-ring (bicyclic) bond motifs is 1. The molecule has 0 amide bonds. The fourth-order valence-corrected chi connectivity index (χ4v) is 2.81. The van der Waals surface area contributed by atoms with Crippen molar-refractivity contribution in [1.29, 1.82) is 0 Å². The van der Waals surface area contributed by atoms with Crippen molar-refractivity contribution in [3.63, 3.8) is 0 Å². The minimum absolute atomic E-state index is 0.554. The first-order chi connectivity index (χ1) is 8.81. The number of hydrogen-bond acceptors (Lipinski definition) is 3. The Hall–Kier alpha value is -1.39. The van der Waals surface area contributed by atoms with Crippen LogP contribution in [0.25, 0.3) is 5.65 Å². The third kappa shape index (κ3) is 1.91. The van der Waals surface area contributed by atoms with E-state index in [4.69, 9.17) is 10.7 Å². The fourth-order valence-electron chi connectivity index (χ4n) is 2.81. The molecule has 0 aromatic carbocycles. The first-order valence-electron chi connectivity index (χ1n) is 6.71. The largest absolute Gasteiger partial charge is 0.325 e. The average molecular weight is 244 g/mol. The second-order valence-electron chi connectivity index (χ2n) is 4.99. The zero-order valence-corrected chi connectivity index (χ0v) is 10.8. The van der Waals surface area contributed by atoms with Gasteiger partial charge in [0.2, 0.25) is 0 Å². The van der Waals surface area contributed by atoms with Crippen molar-refractivity contribution in [2.24, 2.45) is 5.73 Å². The molecule has 2 aromatic heterocycles. The van der Waals surface area contributed by atoms with Gasteiger partial charge in [0, 0.05) is 30.9 Å². The van der Waals surface area contributed by atoms with Gasteiger partial charge in [-0.2, -0.15) is 0 Å². The molecule has 3 heterocycles. The second-order valence-corrected chi connectivity index (χ2v) is 4.99. The Balaban J connectivity index is 1.94. The lowest BCUT2D eigenvalue weighted by atomic mass is 10.1. The molecular formula is C14H20N4. The van der Waals surface area contributed by atoms with E-state index in [1.165, 1.54) is 18.7 Å². The number of hydrogen-bond donors (Lipinski definition) is 1. The molecule has 1 aliphatic heterocycles. The predicted octanol–water partition coefficient (Wildman–Crippen LogP) is 1.60. The van der Waals surface area contributed by atoms with Gasteiger partial charge in [-0.25, -0.2) is 4.98 Å². The van der Waals surface area contributed by atoms with Crippen LogP contribution in [0.5, 0.6) is 0 Å². The molecule has 1 atom stereocenters. The summed E-state index contributed by atoms with van der Waals surface area (Å²) in [5.74, 6) is 0.579. The number of likely N-dealkylation sites (N-methyl/N-ethyl adjacent to an activating group) is 1. The molecule has 0 radical (unpaired) electrons. The van der Waals surface area contributed by atoms with E-state index in [-0.39, 0.29) is 0 Å². The van der Waals surface area contributed by atoms with Crippen LogP contribution < -0.4 is 5.73 Å². The first kappa shape index (κ1) is 11.7. The van der Waals surface area contributed by atoms with Crippen LogP contribution in [0.4, 0.5) is 0 Å². The minimum atomic E-state index is 0.554. The normalized spacial score (nSPS) is 20.9. The summed E-state index contributed by atoms with van der Waals surface area (Å²) in [6, 6.07) is 6.14. The molecule has 0 aliphatic carbocycles. The summed E-state index contributed by atoms with van der Waals surface area (Å²) in [6.07, 6.45) is 3.39. The first-order valence-corrected chi connectivity index (χ1v) is 6.71. The lowest BCUT2D eigenvalue weighted by Gasteiger charge is -2.11. The van der Waals surface area contributed by atoms with Gasteiger partial charge in [-0.3, -0.25) is 0 Å². The SMILES string of the molecule is CCN1CCC(c2cn3c(CN)cccc3n2)C1. The van der Waals surface area contributed by atoms with Gasteiger partial charge in [0.25, 0.3) is 0 Å². The summed E-state index contributed by atoms with van der Waals surface area (Å²) in [7, 11) is 0. The van der Waals surface area contributed by atoms with Crippen molar-refractivity contribution >= 4 is 5.65 Å². The van der Waals surface area contributed by atoms with E-state index >= 15 is 0 Å². The quantitative estimate of drug-likeness (QED) is 0.892. The summed E-state index contributed by atoms with van der Waals surface area (Å²) in [4.78, 5) is 7.24. The standard InChI is InChI=1S/C14H20N4/c1-2-17-7-6-11(9-17)13-10-18-12(8-15)4-3-5-14(18)16-13/h3-5,10-11H,2,6-9,15H2,1H3. The lowest BCUT2D eigenvalue weighted by molar-refractivity contribution is 0.353. The number of pyridine rings is 1. The van der Waals surface area contributed by atoms with Crippen LogP contribution in [0.3, 0.4) is 0 Å². The number of nitrogens with two attached hydrogens (primary N) is 1. The van der Waals surface area contributed by atoms with Crippen LogP contribution in [-0.4, -0.2) is 33.9 Å². The van der Waals surface area contributed by atoms with E-state index in [1.807, 2.05) is 6.07 Å². The van der Waals surface area contributed by atoms with Gasteiger partial charge < -0.3 is 15.0 Å². The van der Waals surface area contributed by atoms with Crippen molar-refractivity contribution in [2.45, 2.75) is 25.8 Å². The fraction of sp³-hybridized carbons (Fsp3) is 0.500. The van der Waals surface area contributed by atoms with Crippen molar-refractivity contribution in [2.75, 3.05) is 19.6 Å². The van der Waals surface area contributed by atoms with Gasteiger partial charge >= 0.3 is 0 Å². The minimum Gasteiger partial charge on any atom is -0.325 e. The molecule has 4 nitrogen and oxygen atoms in total. The van der Waals surface area contributed by atoms with Gasteiger partial charge in [0.15, 0.2) is 0 Å². The number of nitrogens with zero attached hydrogens (tertiary/aromatic N) is 3. The molecule has 0 bridgehead atoms. The monoisotopic (exact) mass is 244 g/mol. The highest BCUT2D eigenvalue weighted by molar-refractivity contribution is 5.42. The highest BCUT2D eigenvalue weighted by Crippen LogP contribution is 2.26. The van der Waals surface area contributed by atoms with Crippen LogP contribution in [0, 0.1) is 0 Å². The van der Waals surface area contributed by atoms with Crippen LogP contribution >= 0.6 is 0 Å². The highest BCUT2D eigenvalue weighted by atomic mass is 15.1. The molecule has 18 heavy (non-hydrogen) atoms. The average Bonchev–Trinajstić information content (AvgIpc) is 3.03. The molecule has 1 saturated heterocycles. The van der Waals surface area contributed by atoms with E-state index in [1.54, 1.807) is 0 Å². The Morgan fingerprint density at radius 1 is 1.44 bits per heavy atom. The Morgan fingerprint density at radius 2 is 2.33 bits per heavy atom. The maximum atomic E-state index is 5.77. The zero-order valence-electron chi connectivity index (χ0n) is 10.8. The van der Waals surface area contributed by atoms with E-state index in [9.17, 15) is 0 Å². The van der Waals surface area contributed by atoms with Gasteiger partial charge in [0.1, 0.15) is 5.65 Å². The van der Waals surface area contributed by atoms with Crippen LogP contribution in [-0.2, 0) is 6.54 Å². The molecular weight excluding hydrogens is 224 g/mol. The third-order valence-electron chi connectivity index (χ3n) is 3.94. The maximum Gasteiger partial charge on any atom is 0.137 e. The van der Waals surface area contributed by atoms with Gasteiger partial charge in [-0.05, 0) is 31.6 Å². The van der Waals surface area contributed by atoms with Gasteiger partial charge in [-0.1, -0.05) is 13.0 Å². The number of imidazole rings is 1.